The molecule has 0 saturated carbocycles. The van der Waals surface area contributed by atoms with Crippen LogP contribution in [0.5, 0.6) is 5.75 Å². The van der Waals surface area contributed by atoms with Gasteiger partial charge in [-0.15, -0.1) is 0 Å². The second-order valence-electron chi connectivity index (χ2n) is 4.17. The van der Waals surface area contributed by atoms with Gasteiger partial charge in [-0.05, 0) is 26.8 Å². The molecule has 0 saturated heterocycles. The third-order valence-electron chi connectivity index (χ3n) is 2.64. The van der Waals surface area contributed by atoms with Crippen LogP contribution in [-0.2, 0) is 13.2 Å². The topological polar surface area (TPSA) is 85.6 Å². The maximum absolute atomic E-state index is 9.86. The number of aromatic hydroxyl groups is 1. The minimum Gasteiger partial charge on any atom is -0.506 e. The summed E-state index contributed by atoms with van der Waals surface area (Å²) in [6.07, 6.45) is 1.88. The fraction of sp³-hybridized carbons (Fsp3) is 0.583. The Morgan fingerprint density at radius 3 is 2.76 bits per heavy atom. The molecule has 0 fully saturated rings. The number of hydrogen-bond donors (Lipinski definition) is 4. The summed E-state index contributed by atoms with van der Waals surface area (Å²) < 4.78 is 0. The highest BCUT2D eigenvalue weighted by Gasteiger charge is 2.10. The maximum Gasteiger partial charge on any atom is 0.141 e. The molecule has 5 nitrogen and oxygen atoms in total. The first-order valence-corrected chi connectivity index (χ1v) is 5.72. The second kappa shape index (κ2) is 6.54. The molecule has 0 amide bonds. The number of aliphatic hydroxyl groups is 2. The van der Waals surface area contributed by atoms with Gasteiger partial charge >= 0.3 is 0 Å². The highest BCUT2D eigenvalue weighted by molar-refractivity contribution is 5.40. The van der Waals surface area contributed by atoms with E-state index in [0.717, 1.165) is 0 Å². The van der Waals surface area contributed by atoms with Crippen molar-refractivity contribution in [3.8, 4) is 5.75 Å². The number of pyridine rings is 1. The first kappa shape index (κ1) is 13.9. The van der Waals surface area contributed by atoms with Crippen LogP contribution in [0.1, 0.15) is 30.2 Å². The smallest absolute Gasteiger partial charge is 0.141 e. The van der Waals surface area contributed by atoms with Crippen molar-refractivity contribution in [2.75, 3.05) is 6.54 Å². The molecule has 0 bridgehead atoms. The standard InChI is InChI=1S/C12H20N2O3/c1-8(16)3-4-13-6-11-10(7-15)5-14-9(2)12(11)17/h5,8,13,15-17H,3-4,6-7H2,1-2H3. The summed E-state index contributed by atoms with van der Waals surface area (Å²) in [5, 5.41) is 31.2. The molecule has 4 N–H and O–H groups in total. The van der Waals surface area contributed by atoms with Gasteiger partial charge in [-0.1, -0.05) is 0 Å². The van der Waals surface area contributed by atoms with Gasteiger partial charge in [0, 0.05) is 23.9 Å². The Morgan fingerprint density at radius 2 is 2.18 bits per heavy atom. The van der Waals surface area contributed by atoms with Crippen LogP contribution in [0, 0.1) is 6.92 Å². The largest absolute Gasteiger partial charge is 0.506 e. The number of nitrogens with one attached hydrogen (secondary N) is 1. The zero-order chi connectivity index (χ0) is 12.8. The predicted molar refractivity (Wildman–Crippen MR) is 64.6 cm³/mol. The van der Waals surface area contributed by atoms with E-state index in [-0.39, 0.29) is 18.5 Å². The summed E-state index contributed by atoms with van der Waals surface area (Å²) in [5.74, 6) is 0.126. The number of nitrogens with zero attached hydrogens (tertiary/aromatic N) is 1. The Morgan fingerprint density at radius 1 is 1.47 bits per heavy atom. The van der Waals surface area contributed by atoms with Crippen molar-refractivity contribution in [3.63, 3.8) is 0 Å². The molecule has 96 valence electrons. The molecule has 1 aromatic heterocycles. The third-order valence-corrected chi connectivity index (χ3v) is 2.64. The van der Waals surface area contributed by atoms with Crippen molar-refractivity contribution in [2.45, 2.75) is 39.5 Å². The molecule has 1 unspecified atom stereocenters. The summed E-state index contributed by atoms with van der Waals surface area (Å²) in [4.78, 5) is 3.99. The fourth-order valence-electron chi connectivity index (χ4n) is 1.54. The molecular formula is C12H20N2O3. The zero-order valence-corrected chi connectivity index (χ0v) is 10.3. The van der Waals surface area contributed by atoms with Crippen molar-refractivity contribution >= 4 is 0 Å². The van der Waals surface area contributed by atoms with Crippen LogP contribution in [0.3, 0.4) is 0 Å². The molecule has 17 heavy (non-hydrogen) atoms. The van der Waals surface area contributed by atoms with Crippen LogP contribution >= 0.6 is 0 Å². The van der Waals surface area contributed by atoms with E-state index in [4.69, 9.17) is 10.2 Å². The van der Waals surface area contributed by atoms with E-state index in [2.05, 4.69) is 10.3 Å². The summed E-state index contributed by atoms with van der Waals surface area (Å²) >= 11 is 0. The van der Waals surface area contributed by atoms with Gasteiger partial charge in [0.05, 0.1) is 18.4 Å². The molecular weight excluding hydrogens is 220 g/mol. The maximum atomic E-state index is 9.86. The van der Waals surface area contributed by atoms with E-state index in [1.54, 1.807) is 20.0 Å². The predicted octanol–water partition coefficient (Wildman–Crippen LogP) is 0.448. The van der Waals surface area contributed by atoms with Gasteiger partial charge < -0.3 is 20.6 Å². The number of rotatable bonds is 6. The van der Waals surface area contributed by atoms with Crippen molar-refractivity contribution in [3.05, 3.63) is 23.0 Å². The second-order valence-corrected chi connectivity index (χ2v) is 4.17. The molecule has 1 rings (SSSR count). The molecule has 0 radical (unpaired) electrons. The van der Waals surface area contributed by atoms with Gasteiger partial charge in [-0.25, -0.2) is 0 Å². The van der Waals surface area contributed by atoms with Gasteiger partial charge in [-0.3, -0.25) is 4.98 Å². The van der Waals surface area contributed by atoms with E-state index in [9.17, 15) is 5.11 Å². The minimum atomic E-state index is -0.340. The van der Waals surface area contributed by atoms with Crippen LogP contribution in [-0.4, -0.2) is 33.0 Å². The Balaban J connectivity index is 2.65. The van der Waals surface area contributed by atoms with Crippen LogP contribution in [0.2, 0.25) is 0 Å². The van der Waals surface area contributed by atoms with Gasteiger partial charge in [0.25, 0.3) is 0 Å². The SMILES string of the molecule is Cc1ncc(CO)c(CNCCC(C)O)c1O. The van der Waals surface area contributed by atoms with Crippen LogP contribution < -0.4 is 5.32 Å². The lowest BCUT2D eigenvalue weighted by Crippen LogP contribution is -2.19. The molecule has 0 aliphatic heterocycles. The average Bonchev–Trinajstić information content (AvgIpc) is 2.29. The molecule has 5 heteroatoms. The van der Waals surface area contributed by atoms with Gasteiger partial charge in [-0.2, -0.15) is 0 Å². The lowest BCUT2D eigenvalue weighted by molar-refractivity contribution is 0.183. The van der Waals surface area contributed by atoms with Crippen molar-refractivity contribution in [1.29, 1.82) is 0 Å². The molecule has 1 heterocycles. The van der Waals surface area contributed by atoms with Gasteiger partial charge in [0.15, 0.2) is 0 Å². The number of aliphatic hydroxyl groups excluding tert-OH is 2. The number of aromatic nitrogens is 1. The van der Waals surface area contributed by atoms with Crippen molar-refractivity contribution in [2.24, 2.45) is 0 Å². The first-order valence-electron chi connectivity index (χ1n) is 5.72. The first-order chi connectivity index (χ1) is 8.06. The van der Waals surface area contributed by atoms with Crippen molar-refractivity contribution < 1.29 is 15.3 Å². The van der Waals surface area contributed by atoms with Crippen molar-refractivity contribution in [1.82, 2.24) is 10.3 Å². The van der Waals surface area contributed by atoms with E-state index in [1.165, 1.54) is 0 Å². The Kier molecular flexibility index (Phi) is 5.34. The monoisotopic (exact) mass is 240 g/mol. The Bertz CT molecular complexity index is 367. The van der Waals surface area contributed by atoms with Gasteiger partial charge in [0.2, 0.25) is 0 Å². The van der Waals surface area contributed by atoms with E-state index in [0.29, 0.717) is 36.3 Å². The lowest BCUT2D eigenvalue weighted by Gasteiger charge is -2.12. The minimum absolute atomic E-state index is 0.126. The van der Waals surface area contributed by atoms with E-state index in [1.807, 2.05) is 0 Å². The van der Waals surface area contributed by atoms with E-state index >= 15 is 0 Å². The summed E-state index contributed by atoms with van der Waals surface area (Å²) in [6, 6.07) is 0. The molecule has 0 aliphatic carbocycles. The van der Waals surface area contributed by atoms with Crippen LogP contribution in [0.4, 0.5) is 0 Å². The molecule has 0 aromatic carbocycles. The highest BCUT2D eigenvalue weighted by atomic mass is 16.3. The third kappa shape index (κ3) is 3.96. The summed E-state index contributed by atoms with van der Waals surface area (Å²) in [6.45, 7) is 4.42. The van der Waals surface area contributed by atoms with Crippen LogP contribution in [0.25, 0.3) is 0 Å². The molecule has 1 atom stereocenters. The number of aryl methyl sites for hydroxylation is 1. The Labute approximate surface area is 101 Å². The normalized spacial score (nSPS) is 12.7. The Hall–Kier alpha value is -1.17. The molecule has 0 spiro atoms. The summed E-state index contributed by atoms with van der Waals surface area (Å²) in [5.41, 5.74) is 1.85. The van der Waals surface area contributed by atoms with E-state index < -0.39 is 0 Å². The molecule has 1 aromatic rings. The van der Waals surface area contributed by atoms with Gasteiger partial charge in [0.1, 0.15) is 5.75 Å². The quantitative estimate of drug-likeness (QED) is 0.542. The van der Waals surface area contributed by atoms with Crippen LogP contribution in [0.15, 0.2) is 6.20 Å². The molecule has 0 aliphatic rings. The fourth-order valence-corrected chi connectivity index (χ4v) is 1.54. The zero-order valence-electron chi connectivity index (χ0n) is 10.3. The summed E-state index contributed by atoms with van der Waals surface area (Å²) in [7, 11) is 0. The lowest BCUT2D eigenvalue weighted by atomic mass is 10.1. The number of hydrogen-bond acceptors (Lipinski definition) is 5. The highest BCUT2D eigenvalue weighted by Crippen LogP contribution is 2.23. The average molecular weight is 240 g/mol.